The van der Waals surface area contributed by atoms with Gasteiger partial charge in [-0.25, -0.2) is 0 Å². The molecule has 0 bridgehead atoms. The van der Waals surface area contributed by atoms with Crippen molar-refractivity contribution in [1.82, 2.24) is 5.32 Å². The van der Waals surface area contributed by atoms with Crippen molar-refractivity contribution in [1.29, 1.82) is 0 Å². The molecule has 2 unspecified atom stereocenters. The van der Waals surface area contributed by atoms with Crippen molar-refractivity contribution in [3.05, 3.63) is 0 Å². The van der Waals surface area contributed by atoms with E-state index in [0.717, 1.165) is 6.42 Å². The van der Waals surface area contributed by atoms with Crippen molar-refractivity contribution in [3.8, 4) is 0 Å². The highest BCUT2D eigenvalue weighted by atomic mass is 16.5. The minimum atomic E-state index is 0.233. The summed E-state index contributed by atoms with van der Waals surface area (Å²) in [6.45, 7) is 5.62. The van der Waals surface area contributed by atoms with Crippen LogP contribution in [0.3, 0.4) is 0 Å². The number of nitrogens with one attached hydrogen (secondary N) is 1. The van der Waals surface area contributed by atoms with Crippen molar-refractivity contribution >= 4 is 0 Å². The van der Waals surface area contributed by atoms with E-state index in [1.165, 1.54) is 25.7 Å². The van der Waals surface area contributed by atoms with Gasteiger partial charge in [0, 0.05) is 25.8 Å². The highest BCUT2D eigenvalue weighted by Gasteiger charge is 2.28. The van der Waals surface area contributed by atoms with E-state index in [-0.39, 0.29) is 6.61 Å². The Hall–Kier alpha value is -0.120. The zero-order valence-electron chi connectivity index (χ0n) is 11.0. The second kappa shape index (κ2) is 6.58. The summed E-state index contributed by atoms with van der Waals surface area (Å²) in [5.74, 6) is 0. The van der Waals surface area contributed by atoms with Gasteiger partial charge in [0.15, 0.2) is 0 Å². The van der Waals surface area contributed by atoms with Crippen molar-refractivity contribution in [2.75, 3.05) is 20.3 Å². The SMILES string of the molecule is COCC(CCO)NC1CCCC(C)(C)C1. The van der Waals surface area contributed by atoms with Crippen LogP contribution in [0.1, 0.15) is 46.0 Å². The highest BCUT2D eigenvalue weighted by molar-refractivity contribution is 4.85. The average molecular weight is 229 g/mol. The number of hydrogen-bond acceptors (Lipinski definition) is 3. The second-order valence-electron chi connectivity index (χ2n) is 5.79. The van der Waals surface area contributed by atoms with Crippen molar-refractivity contribution < 1.29 is 9.84 Å². The molecule has 96 valence electrons. The molecule has 2 N–H and O–H groups in total. The smallest absolute Gasteiger partial charge is 0.0616 e. The van der Waals surface area contributed by atoms with Gasteiger partial charge in [-0.05, 0) is 31.1 Å². The third-order valence-electron chi connectivity index (χ3n) is 3.52. The molecule has 16 heavy (non-hydrogen) atoms. The Labute approximate surface area is 99.6 Å². The van der Waals surface area contributed by atoms with E-state index in [0.29, 0.717) is 24.1 Å². The molecular formula is C13H27NO2. The van der Waals surface area contributed by atoms with Crippen LogP contribution in [0, 0.1) is 5.41 Å². The predicted octanol–water partition coefficient (Wildman–Crippen LogP) is 1.94. The van der Waals surface area contributed by atoms with Gasteiger partial charge in [-0.3, -0.25) is 0 Å². The Balaban J connectivity index is 2.38. The second-order valence-corrected chi connectivity index (χ2v) is 5.79. The summed E-state index contributed by atoms with van der Waals surface area (Å²) < 4.78 is 5.18. The third kappa shape index (κ3) is 4.81. The normalized spacial score (nSPS) is 26.6. The molecule has 0 saturated heterocycles. The Morgan fingerprint density at radius 1 is 1.50 bits per heavy atom. The molecule has 0 heterocycles. The minimum absolute atomic E-state index is 0.233. The fraction of sp³-hybridized carbons (Fsp3) is 1.00. The monoisotopic (exact) mass is 229 g/mol. The lowest BCUT2D eigenvalue weighted by Gasteiger charge is -2.37. The average Bonchev–Trinajstić information content (AvgIpc) is 2.16. The van der Waals surface area contributed by atoms with Crippen molar-refractivity contribution in [2.45, 2.75) is 58.0 Å². The largest absolute Gasteiger partial charge is 0.396 e. The van der Waals surface area contributed by atoms with E-state index in [1.807, 2.05) is 0 Å². The predicted molar refractivity (Wildman–Crippen MR) is 66.5 cm³/mol. The van der Waals surface area contributed by atoms with Gasteiger partial charge in [-0.2, -0.15) is 0 Å². The quantitative estimate of drug-likeness (QED) is 0.731. The molecule has 1 rings (SSSR count). The van der Waals surface area contributed by atoms with Gasteiger partial charge in [0.25, 0.3) is 0 Å². The summed E-state index contributed by atoms with van der Waals surface area (Å²) in [7, 11) is 1.72. The molecule has 0 aromatic carbocycles. The zero-order valence-corrected chi connectivity index (χ0v) is 11.0. The first-order valence-corrected chi connectivity index (χ1v) is 6.43. The van der Waals surface area contributed by atoms with Crippen LogP contribution in [0.25, 0.3) is 0 Å². The van der Waals surface area contributed by atoms with Gasteiger partial charge in [-0.15, -0.1) is 0 Å². The van der Waals surface area contributed by atoms with Crippen molar-refractivity contribution in [2.24, 2.45) is 5.41 Å². The molecule has 0 spiro atoms. The van der Waals surface area contributed by atoms with Crippen LogP contribution in [0.2, 0.25) is 0 Å². The van der Waals surface area contributed by atoms with E-state index < -0.39 is 0 Å². The lowest BCUT2D eigenvalue weighted by Crippen LogP contribution is -2.45. The summed E-state index contributed by atoms with van der Waals surface area (Å²) in [5.41, 5.74) is 0.465. The van der Waals surface area contributed by atoms with Crippen LogP contribution in [-0.4, -0.2) is 37.5 Å². The third-order valence-corrected chi connectivity index (χ3v) is 3.52. The van der Waals surface area contributed by atoms with E-state index in [9.17, 15) is 0 Å². The number of aliphatic hydroxyl groups is 1. The maximum Gasteiger partial charge on any atom is 0.0616 e. The van der Waals surface area contributed by atoms with Gasteiger partial charge >= 0.3 is 0 Å². The van der Waals surface area contributed by atoms with Crippen LogP contribution < -0.4 is 5.32 Å². The number of hydrogen-bond donors (Lipinski definition) is 2. The molecular weight excluding hydrogens is 202 g/mol. The van der Waals surface area contributed by atoms with Crippen LogP contribution in [-0.2, 0) is 4.74 Å². The summed E-state index contributed by atoms with van der Waals surface area (Å²) in [4.78, 5) is 0. The fourth-order valence-electron chi connectivity index (χ4n) is 2.75. The van der Waals surface area contributed by atoms with E-state index >= 15 is 0 Å². The van der Waals surface area contributed by atoms with Crippen LogP contribution >= 0.6 is 0 Å². The molecule has 0 aromatic heterocycles. The van der Waals surface area contributed by atoms with Crippen LogP contribution in [0.5, 0.6) is 0 Å². The van der Waals surface area contributed by atoms with Crippen LogP contribution in [0.15, 0.2) is 0 Å². The summed E-state index contributed by atoms with van der Waals surface area (Å²) in [6, 6.07) is 0.893. The molecule has 0 aliphatic heterocycles. The number of ether oxygens (including phenoxy) is 1. The number of aliphatic hydroxyl groups excluding tert-OH is 1. The molecule has 1 aliphatic rings. The van der Waals surface area contributed by atoms with E-state index in [2.05, 4.69) is 19.2 Å². The number of methoxy groups -OCH3 is 1. The lowest BCUT2D eigenvalue weighted by atomic mass is 9.75. The summed E-state index contributed by atoms with van der Waals surface area (Å²) in [6.07, 6.45) is 5.92. The maximum absolute atomic E-state index is 9.00. The van der Waals surface area contributed by atoms with Gasteiger partial charge in [0.2, 0.25) is 0 Å². The molecule has 0 aromatic rings. The van der Waals surface area contributed by atoms with Gasteiger partial charge in [0.1, 0.15) is 0 Å². The van der Waals surface area contributed by atoms with Gasteiger partial charge in [-0.1, -0.05) is 20.3 Å². The van der Waals surface area contributed by atoms with Crippen LogP contribution in [0.4, 0.5) is 0 Å². The standard InChI is InChI=1S/C13H27NO2/c1-13(2)7-4-5-11(9-13)14-12(6-8-15)10-16-3/h11-12,14-15H,4-10H2,1-3H3. The molecule has 0 amide bonds. The van der Waals surface area contributed by atoms with Crippen molar-refractivity contribution in [3.63, 3.8) is 0 Å². The van der Waals surface area contributed by atoms with Gasteiger partial charge < -0.3 is 15.2 Å². The molecule has 1 aliphatic carbocycles. The fourth-order valence-corrected chi connectivity index (χ4v) is 2.75. The van der Waals surface area contributed by atoms with E-state index in [4.69, 9.17) is 9.84 Å². The van der Waals surface area contributed by atoms with Gasteiger partial charge in [0.05, 0.1) is 6.61 Å². The van der Waals surface area contributed by atoms with E-state index in [1.54, 1.807) is 7.11 Å². The maximum atomic E-state index is 9.00. The first-order chi connectivity index (χ1) is 7.57. The lowest BCUT2D eigenvalue weighted by molar-refractivity contribution is 0.123. The molecule has 1 saturated carbocycles. The zero-order chi connectivity index (χ0) is 12.0. The molecule has 3 heteroatoms. The Bertz CT molecular complexity index is 188. The Kier molecular flexibility index (Phi) is 5.73. The molecule has 0 radical (unpaired) electrons. The minimum Gasteiger partial charge on any atom is -0.396 e. The Morgan fingerprint density at radius 2 is 2.25 bits per heavy atom. The first-order valence-electron chi connectivity index (χ1n) is 6.43. The highest BCUT2D eigenvalue weighted by Crippen LogP contribution is 2.35. The molecule has 2 atom stereocenters. The first kappa shape index (κ1) is 13.9. The summed E-state index contributed by atoms with van der Waals surface area (Å²) in [5, 5.41) is 12.6. The topological polar surface area (TPSA) is 41.5 Å². The molecule has 1 fully saturated rings. The Morgan fingerprint density at radius 3 is 2.81 bits per heavy atom. The molecule has 3 nitrogen and oxygen atoms in total. The summed E-state index contributed by atoms with van der Waals surface area (Å²) >= 11 is 0. The number of rotatable bonds is 6.